The molecule has 1 aromatic heterocycles. The maximum Gasteiger partial charge on any atom is 0.573 e. The summed E-state index contributed by atoms with van der Waals surface area (Å²) >= 11 is 0. The molecular formula is C39H36F3N3O8. The van der Waals surface area contributed by atoms with Crippen molar-refractivity contribution in [1.82, 2.24) is 10.1 Å². The molecule has 1 fully saturated rings. The van der Waals surface area contributed by atoms with Crippen molar-refractivity contribution in [2.45, 2.75) is 51.0 Å². The number of aliphatic hydroxyl groups is 2. The van der Waals surface area contributed by atoms with E-state index in [1.807, 2.05) is 30.0 Å². The molecule has 0 aliphatic heterocycles. The molecule has 3 aliphatic rings. The Morgan fingerprint density at radius 3 is 2.28 bits per heavy atom. The van der Waals surface area contributed by atoms with Crippen LogP contribution in [0.1, 0.15) is 57.8 Å². The summed E-state index contributed by atoms with van der Waals surface area (Å²) < 4.78 is 63.3. The van der Waals surface area contributed by atoms with Crippen molar-refractivity contribution in [1.29, 1.82) is 0 Å². The summed E-state index contributed by atoms with van der Waals surface area (Å²) in [5, 5.41) is 28.5. The number of nitrogen functional groups attached to an aromatic ring is 1. The van der Waals surface area contributed by atoms with Gasteiger partial charge in [-0.2, -0.15) is 0 Å². The highest BCUT2D eigenvalue weighted by Crippen LogP contribution is 2.57. The fourth-order valence-corrected chi connectivity index (χ4v) is 7.82. The molecule has 11 nitrogen and oxygen atoms in total. The lowest BCUT2D eigenvalue weighted by Gasteiger charge is -2.50. The number of alkyl halides is 3. The molecule has 3 aliphatic carbocycles. The van der Waals surface area contributed by atoms with Gasteiger partial charge in [-0.3, -0.25) is 14.5 Å². The van der Waals surface area contributed by atoms with Crippen LogP contribution in [0.25, 0.3) is 5.76 Å². The summed E-state index contributed by atoms with van der Waals surface area (Å²) in [7, 11) is 0. The van der Waals surface area contributed by atoms with E-state index in [1.54, 1.807) is 48.5 Å². The van der Waals surface area contributed by atoms with E-state index in [-0.39, 0.29) is 77.9 Å². The molecule has 53 heavy (non-hydrogen) atoms. The lowest BCUT2D eigenvalue weighted by Crippen LogP contribution is -2.63. The summed E-state index contributed by atoms with van der Waals surface area (Å²) in [6.07, 6.45) is -3.88. The number of nitrogens with two attached hydrogens (primary N) is 1. The lowest BCUT2D eigenvalue weighted by atomic mass is 9.57. The molecule has 0 bridgehead atoms. The predicted molar refractivity (Wildman–Crippen MR) is 185 cm³/mol. The molecule has 3 aromatic carbocycles. The fourth-order valence-electron chi connectivity index (χ4n) is 7.82. The SMILES string of the molecule is C=CCN(CC)[C@@H]1c2onc(OCc3ccccc3)c2C(=O)[C@@]2(O)C(=O)C3=C(O)c4c(c(OC(F)(F)F)cc(N)c4OCc4ccccc4)C[C@H]3C[C@@H]12. The number of hydrogen-bond acceptors (Lipinski definition) is 11. The van der Waals surface area contributed by atoms with Crippen LogP contribution in [0.5, 0.6) is 17.4 Å². The van der Waals surface area contributed by atoms with Gasteiger partial charge in [-0.05, 0) is 41.6 Å². The van der Waals surface area contributed by atoms with E-state index >= 15 is 0 Å². The molecule has 0 saturated heterocycles. The Balaban J connectivity index is 1.36. The van der Waals surface area contributed by atoms with Gasteiger partial charge in [0, 0.05) is 29.7 Å². The van der Waals surface area contributed by atoms with Gasteiger partial charge in [-0.15, -0.1) is 19.8 Å². The van der Waals surface area contributed by atoms with Crippen LogP contribution in [0, 0.1) is 11.8 Å². The molecule has 4 aromatic rings. The monoisotopic (exact) mass is 731 g/mol. The van der Waals surface area contributed by atoms with Gasteiger partial charge in [0.25, 0.3) is 5.88 Å². The standard InChI is InChI=1S/C39H36F3N3O8/c1-3-15-45(4-2)31-25-17-23-16-24-27(52-39(40,41)42)18-26(43)33(50-19-21-11-7-5-8-12-21)29(24)32(46)28(23)35(47)38(25,49)36(48)30-34(31)53-44-37(30)51-20-22-13-9-6-10-14-22/h3,5-14,18,23,25,31,46,49H,1,4,15-17,19-20,43H2,2H3/t23-,25-,31-,38-/m0/s1. The Kier molecular flexibility index (Phi) is 9.28. The number of aromatic nitrogens is 1. The summed E-state index contributed by atoms with van der Waals surface area (Å²) in [4.78, 5) is 31.1. The number of benzene rings is 3. The maximum atomic E-state index is 14.8. The van der Waals surface area contributed by atoms with Gasteiger partial charge in [0.2, 0.25) is 11.6 Å². The Morgan fingerprint density at radius 2 is 1.68 bits per heavy atom. The number of anilines is 1. The van der Waals surface area contributed by atoms with Crippen LogP contribution in [0.2, 0.25) is 0 Å². The van der Waals surface area contributed by atoms with Crippen LogP contribution in [-0.4, -0.2) is 56.9 Å². The predicted octanol–water partition coefficient (Wildman–Crippen LogP) is 6.52. The molecule has 276 valence electrons. The average molecular weight is 732 g/mol. The molecule has 1 heterocycles. The normalized spacial score (nSPS) is 22.1. The summed E-state index contributed by atoms with van der Waals surface area (Å²) in [5.41, 5.74) is 3.69. The molecule has 4 atom stereocenters. The molecule has 0 spiro atoms. The topological polar surface area (TPSA) is 158 Å². The van der Waals surface area contributed by atoms with Crippen molar-refractivity contribution >= 4 is 23.0 Å². The number of fused-ring (bicyclic) bond motifs is 4. The number of aliphatic hydroxyl groups excluding tert-OH is 1. The number of carbonyl (C=O) groups excluding carboxylic acids is 2. The quantitative estimate of drug-likeness (QED) is 0.0877. The minimum absolute atomic E-state index is 0.00196. The van der Waals surface area contributed by atoms with E-state index in [4.69, 9.17) is 19.7 Å². The first-order valence-electron chi connectivity index (χ1n) is 17.0. The number of likely N-dealkylation sites (N-methyl/N-ethyl adjacent to an activating group) is 1. The van der Waals surface area contributed by atoms with Gasteiger partial charge in [-0.1, -0.05) is 73.7 Å². The Morgan fingerprint density at radius 1 is 1.04 bits per heavy atom. The average Bonchev–Trinajstić information content (AvgIpc) is 3.55. The second kappa shape index (κ2) is 13.7. The van der Waals surface area contributed by atoms with Crippen LogP contribution in [0.15, 0.2) is 89.5 Å². The number of carbonyl (C=O) groups is 2. The third-order valence-corrected chi connectivity index (χ3v) is 10.1. The van der Waals surface area contributed by atoms with Crippen molar-refractivity contribution in [2.75, 3.05) is 18.8 Å². The number of nitrogens with zero attached hydrogens (tertiary/aromatic N) is 2. The largest absolute Gasteiger partial charge is 0.573 e. The van der Waals surface area contributed by atoms with Gasteiger partial charge in [0.1, 0.15) is 30.3 Å². The molecule has 14 heteroatoms. The van der Waals surface area contributed by atoms with Gasteiger partial charge in [0.15, 0.2) is 17.1 Å². The Hall–Kier alpha value is -5.60. The number of halogens is 3. The van der Waals surface area contributed by atoms with Crippen LogP contribution in [-0.2, 0) is 24.4 Å². The highest BCUT2D eigenvalue weighted by molar-refractivity contribution is 6.26. The number of ether oxygens (including phenoxy) is 3. The number of hydrogen-bond donors (Lipinski definition) is 3. The second-order valence-electron chi connectivity index (χ2n) is 13.2. The van der Waals surface area contributed by atoms with Crippen molar-refractivity contribution in [2.24, 2.45) is 11.8 Å². The van der Waals surface area contributed by atoms with Gasteiger partial charge in [-0.25, -0.2) is 0 Å². The van der Waals surface area contributed by atoms with Crippen molar-refractivity contribution in [3.05, 3.63) is 119 Å². The zero-order chi connectivity index (χ0) is 37.7. The van der Waals surface area contributed by atoms with Crippen LogP contribution < -0.4 is 19.9 Å². The van der Waals surface area contributed by atoms with Crippen molar-refractivity contribution < 1.29 is 51.7 Å². The summed E-state index contributed by atoms with van der Waals surface area (Å²) in [6, 6.07) is 17.9. The minimum atomic E-state index is -5.12. The third-order valence-electron chi connectivity index (χ3n) is 10.1. The van der Waals surface area contributed by atoms with E-state index in [0.717, 1.165) is 11.6 Å². The van der Waals surface area contributed by atoms with Crippen molar-refractivity contribution in [3.63, 3.8) is 0 Å². The zero-order valence-corrected chi connectivity index (χ0v) is 28.6. The zero-order valence-electron chi connectivity index (χ0n) is 28.6. The minimum Gasteiger partial charge on any atom is -0.507 e. The summed E-state index contributed by atoms with van der Waals surface area (Å²) in [6.45, 7) is 6.19. The first-order valence-corrected chi connectivity index (χ1v) is 17.0. The van der Waals surface area contributed by atoms with E-state index in [0.29, 0.717) is 12.1 Å². The number of Topliss-reactive ketones (excluding diaryl/α,β-unsaturated/α-hetero) is 2. The molecule has 0 unspecified atom stereocenters. The smallest absolute Gasteiger partial charge is 0.507 e. The number of ketones is 2. The molecule has 4 N–H and O–H groups in total. The Labute approximate surface area is 302 Å². The fraction of sp³-hybridized carbons (Fsp3) is 0.308. The van der Waals surface area contributed by atoms with Crippen LogP contribution in [0.3, 0.4) is 0 Å². The highest BCUT2D eigenvalue weighted by Gasteiger charge is 2.66. The van der Waals surface area contributed by atoms with Gasteiger partial charge >= 0.3 is 6.36 Å². The maximum absolute atomic E-state index is 14.8. The number of rotatable bonds is 11. The van der Waals surface area contributed by atoms with E-state index in [1.165, 1.54) is 0 Å². The van der Waals surface area contributed by atoms with Crippen LogP contribution >= 0.6 is 0 Å². The first kappa shape index (κ1) is 35.8. The van der Waals surface area contributed by atoms with Gasteiger partial charge in [0.05, 0.1) is 17.3 Å². The molecule has 1 saturated carbocycles. The molecule has 0 radical (unpaired) electrons. The highest BCUT2D eigenvalue weighted by atomic mass is 19.4. The molecular weight excluding hydrogens is 695 g/mol. The lowest BCUT2D eigenvalue weighted by molar-refractivity contribution is -0.275. The van der Waals surface area contributed by atoms with Crippen LogP contribution in [0.4, 0.5) is 18.9 Å². The van der Waals surface area contributed by atoms with E-state index < -0.39 is 52.9 Å². The molecule has 7 rings (SSSR count). The van der Waals surface area contributed by atoms with E-state index in [2.05, 4.69) is 16.5 Å². The van der Waals surface area contributed by atoms with Crippen molar-refractivity contribution in [3.8, 4) is 17.4 Å². The molecule has 0 amide bonds. The first-order chi connectivity index (χ1) is 25.4. The second-order valence-corrected chi connectivity index (χ2v) is 13.2. The Bertz CT molecular complexity index is 2100. The third kappa shape index (κ3) is 6.21. The van der Waals surface area contributed by atoms with Gasteiger partial charge < -0.3 is 34.7 Å². The summed E-state index contributed by atoms with van der Waals surface area (Å²) in [5.74, 6) is -6.05. The van der Waals surface area contributed by atoms with E-state index in [9.17, 15) is 33.0 Å².